The summed E-state index contributed by atoms with van der Waals surface area (Å²) in [7, 11) is -3.96. The van der Waals surface area contributed by atoms with Crippen LogP contribution in [0.3, 0.4) is 0 Å². The van der Waals surface area contributed by atoms with Crippen molar-refractivity contribution in [1.29, 1.82) is 0 Å². The number of hydrogen-bond donors (Lipinski definition) is 2. The lowest BCUT2D eigenvalue weighted by Crippen LogP contribution is -2.02. The van der Waals surface area contributed by atoms with Gasteiger partial charge in [-0.3, -0.25) is 4.55 Å². The van der Waals surface area contributed by atoms with Gasteiger partial charge in [-0.15, -0.1) is 0 Å². The third kappa shape index (κ3) is 3.69. The molecule has 0 radical (unpaired) electrons. The summed E-state index contributed by atoms with van der Waals surface area (Å²) in [5.41, 5.74) is 1.28. The van der Waals surface area contributed by atoms with Gasteiger partial charge < -0.3 is 6.15 Å². The summed E-state index contributed by atoms with van der Waals surface area (Å²) in [5, 5.41) is 0. The summed E-state index contributed by atoms with van der Waals surface area (Å²) in [6.07, 6.45) is 1.56. The van der Waals surface area contributed by atoms with Gasteiger partial charge in [0.1, 0.15) is 5.75 Å². The Kier molecular flexibility index (Phi) is 4.49. The number of hydrogen-bond acceptors (Lipinski definition) is 3. The summed E-state index contributed by atoms with van der Waals surface area (Å²) >= 11 is 0. The predicted octanol–water partition coefficient (Wildman–Crippen LogP) is 1.88. The molecule has 4 N–H and O–H groups in total. The average Bonchev–Trinajstić information content (AvgIpc) is 2.02. The van der Waals surface area contributed by atoms with Crippen LogP contribution in [0.25, 0.3) is 6.08 Å². The molecule has 0 unspecified atom stereocenters. The van der Waals surface area contributed by atoms with Crippen molar-refractivity contribution in [2.45, 2.75) is 5.75 Å². The van der Waals surface area contributed by atoms with Crippen LogP contribution in [0.1, 0.15) is 11.1 Å². The topological polar surface area (TPSA) is 89.4 Å². The predicted molar refractivity (Wildman–Crippen MR) is 56.8 cm³/mol. The zero-order valence-electron chi connectivity index (χ0n) is 7.68. The van der Waals surface area contributed by atoms with Crippen LogP contribution in [-0.4, -0.2) is 13.0 Å². The molecule has 0 aliphatic rings. The van der Waals surface area contributed by atoms with Gasteiger partial charge in [0.15, 0.2) is 0 Å². The summed E-state index contributed by atoms with van der Waals surface area (Å²) in [4.78, 5) is 0. The molecule has 4 nitrogen and oxygen atoms in total. The Morgan fingerprint density at radius 1 is 1.36 bits per heavy atom. The third-order valence-electron chi connectivity index (χ3n) is 1.61. The monoisotopic (exact) mass is 215 g/mol. The van der Waals surface area contributed by atoms with Gasteiger partial charge in [0.05, 0.1) is 0 Å². The lowest BCUT2D eigenvalue weighted by atomic mass is 10.1. The Morgan fingerprint density at radius 2 is 1.93 bits per heavy atom. The largest absolute Gasteiger partial charge is 0.344 e. The third-order valence-corrected chi connectivity index (χ3v) is 2.29. The summed E-state index contributed by atoms with van der Waals surface area (Å²) in [5.74, 6) is -0.366. The second-order valence-corrected chi connectivity index (χ2v) is 4.08. The van der Waals surface area contributed by atoms with Crippen molar-refractivity contribution >= 4 is 16.2 Å². The van der Waals surface area contributed by atoms with Crippen LogP contribution in [0.15, 0.2) is 30.8 Å². The van der Waals surface area contributed by atoms with Gasteiger partial charge in [-0.2, -0.15) is 8.42 Å². The maximum atomic E-state index is 10.6. The van der Waals surface area contributed by atoms with E-state index in [1.54, 1.807) is 30.3 Å². The van der Waals surface area contributed by atoms with Gasteiger partial charge in [0, 0.05) is 0 Å². The second kappa shape index (κ2) is 4.90. The van der Waals surface area contributed by atoms with E-state index in [2.05, 4.69) is 6.58 Å². The van der Waals surface area contributed by atoms with Crippen LogP contribution >= 0.6 is 0 Å². The molecule has 0 heterocycles. The van der Waals surface area contributed by atoms with Crippen LogP contribution in [0.2, 0.25) is 0 Å². The molecule has 0 atom stereocenters. The van der Waals surface area contributed by atoms with E-state index < -0.39 is 10.1 Å². The molecular weight excluding hydrogens is 202 g/mol. The molecule has 0 fully saturated rings. The van der Waals surface area contributed by atoms with E-state index in [4.69, 9.17) is 4.55 Å². The number of rotatable bonds is 3. The summed E-state index contributed by atoms with van der Waals surface area (Å²) in [6, 6.07) is 6.89. The Hall–Kier alpha value is -1.17. The van der Waals surface area contributed by atoms with Crippen LogP contribution in [-0.2, 0) is 15.9 Å². The Morgan fingerprint density at radius 3 is 2.43 bits per heavy atom. The first kappa shape index (κ1) is 12.8. The summed E-state index contributed by atoms with van der Waals surface area (Å²) < 4.78 is 29.8. The molecule has 1 aromatic rings. The molecule has 14 heavy (non-hydrogen) atoms. The fraction of sp³-hybridized carbons (Fsp3) is 0.111. The van der Waals surface area contributed by atoms with Crippen molar-refractivity contribution in [3.63, 3.8) is 0 Å². The van der Waals surface area contributed by atoms with Crippen molar-refractivity contribution in [3.05, 3.63) is 42.0 Å². The van der Waals surface area contributed by atoms with E-state index in [0.717, 1.165) is 5.56 Å². The maximum Gasteiger partial charge on any atom is 0.269 e. The van der Waals surface area contributed by atoms with Gasteiger partial charge in [-0.05, 0) is 11.1 Å². The zero-order chi connectivity index (χ0) is 9.90. The first-order valence-electron chi connectivity index (χ1n) is 3.68. The first-order valence-corrected chi connectivity index (χ1v) is 5.29. The number of benzene rings is 1. The van der Waals surface area contributed by atoms with E-state index in [9.17, 15) is 8.42 Å². The molecule has 0 aliphatic carbocycles. The van der Waals surface area contributed by atoms with Crippen molar-refractivity contribution in [1.82, 2.24) is 6.15 Å². The van der Waals surface area contributed by atoms with E-state index in [-0.39, 0.29) is 11.9 Å². The fourth-order valence-corrected chi connectivity index (χ4v) is 1.72. The Balaban J connectivity index is 0.00000169. The Bertz CT molecular complexity index is 412. The standard InChI is InChI=1S/C9H10O3S.H3N/c1-2-8-5-3-4-6-9(8)7-13(10,11)12;/h2-6H,1,7H2,(H,10,11,12);1H3. The molecule has 0 aromatic heterocycles. The average molecular weight is 215 g/mol. The highest BCUT2D eigenvalue weighted by Gasteiger charge is 2.08. The molecule has 0 spiro atoms. The quantitative estimate of drug-likeness (QED) is 0.753. The molecule has 78 valence electrons. The van der Waals surface area contributed by atoms with Crippen molar-refractivity contribution in [2.75, 3.05) is 0 Å². The van der Waals surface area contributed by atoms with E-state index >= 15 is 0 Å². The van der Waals surface area contributed by atoms with Crippen LogP contribution < -0.4 is 6.15 Å². The summed E-state index contributed by atoms with van der Waals surface area (Å²) in [6.45, 7) is 3.55. The van der Waals surface area contributed by atoms with Gasteiger partial charge in [0.2, 0.25) is 0 Å². The molecule has 5 heteroatoms. The zero-order valence-corrected chi connectivity index (χ0v) is 8.50. The highest BCUT2D eigenvalue weighted by atomic mass is 32.2. The first-order chi connectivity index (χ1) is 6.03. The van der Waals surface area contributed by atoms with Crippen molar-refractivity contribution in [3.8, 4) is 0 Å². The van der Waals surface area contributed by atoms with E-state index in [1.807, 2.05) is 0 Å². The van der Waals surface area contributed by atoms with Crippen LogP contribution in [0, 0.1) is 0 Å². The van der Waals surface area contributed by atoms with Gasteiger partial charge in [-0.1, -0.05) is 36.9 Å². The molecule has 0 saturated carbocycles. The van der Waals surface area contributed by atoms with Crippen molar-refractivity contribution < 1.29 is 13.0 Å². The molecule has 1 aromatic carbocycles. The van der Waals surface area contributed by atoms with Crippen LogP contribution in [0.5, 0.6) is 0 Å². The smallest absolute Gasteiger partial charge is 0.269 e. The SMILES string of the molecule is C=Cc1ccccc1CS(=O)(=O)O.N. The lowest BCUT2D eigenvalue weighted by Gasteiger charge is -2.02. The molecule has 1 rings (SSSR count). The maximum absolute atomic E-state index is 10.6. The highest BCUT2D eigenvalue weighted by Crippen LogP contribution is 2.12. The van der Waals surface area contributed by atoms with Gasteiger partial charge >= 0.3 is 0 Å². The highest BCUT2D eigenvalue weighted by molar-refractivity contribution is 7.85. The van der Waals surface area contributed by atoms with E-state index in [0.29, 0.717) is 5.56 Å². The van der Waals surface area contributed by atoms with Gasteiger partial charge in [-0.25, -0.2) is 0 Å². The molecular formula is C9H13NO3S. The van der Waals surface area contributed by atoms with Crippen LogP contribution in [0.4, 0.5) is 0 Å². The lowest BCUT2D eigenvalue weighted by molar-refractivity contribution is 0.482. The van der Waals surface area contributed by atoms with E-state index in [1.165, 1.54) is 0 Å². The minimum absolute atomic E-state index is 0. The van der Waals surface area contributed by atoms with Gasteiger partial charge in [0.25, 0.3) is 10.1 Å². The molecule has 0 saturated heterocycles. The fourth-order valence-electron chi connectivity index (χ4n) is 1.06. The molecule has 0 amide bonds. The minimum atomic E-state index is -3.96. The van der Waals surface area contributed by atoms with Crippen molar-refractivity contribution in [2.24, 2.45) is 0 Å². The Labute approximate surface area is 83.6 Å². The molecule has 0 bridgehead atoms. The minimum Gasteiger partial charge on any atom is -0.344 e. The normalized spacial score (nSPS) is 10.4. The molecule has 0 aliphatic heterocycles. The second-order valence-electron chi connectivity index (χ2n) is 2.63.